The number of para-hydroxylation sites is 7. The first-order chi connectivity index (χ1) is 55.5. The van der Waals surface area contributed by atoms with Crippen molar-refractivity contribution >= 4 is 169 Å². The van der Waals surface area contributed by atoms with Gasteiger partial charge < -0.3 is 4.57 Å². The molecule has 0 fully saturated rings. The van der Waals surface area contributed by atoms with Gasteiger partial charge >= 0.3 is 0 Å². The molecule has 0 aliphatic heterocycles. The fourth-order valence-corrected chi connectivity index (χ4v) is 17.9. The molecular weight excluding hydrogens is 1360 g/mol. The van der Waals surface area contributed by atoms with Crippen molar-refractivity contribution in [2.45, 2.75) is 0 Å². The van der Waals surface area contributed by atoms with Crippen molar-refractivity contribution in [2.75, 3.05) is 0 Å². The third-order valence-corrected chi connectivity index (χ3v) is 23.1. The summed E-state index contributed by atoms with van der Waals surface area (Å²) in [7, 11) is 0. The molecule has 7 heterocycles. The van der Waals surface area contributed by atoms with Crippen molar-refractivity contribution in [1.82, 2.24) is 32.7 Å². The molecule has 0 N–H and O–H groups in total. The second kappa shape index (κ2) is 25.3. The number of fused-ring (bicyclic) bond motifs is 31. The molecule has 520 valence electrons. The van der Waals surface area contributed by atoms with Crippen molar-refractivity contribution in [3.05, 3.63) is 394 Å². The Hall–Kier alpha value is -15.1. The maximum Gasteiger partial charge on any atom is 0.146 e. The van der Waals surface area contributed by atoms with Crippen molar-refractivity contribution in [1.29, 1.82) is 0 Å². The summed E-state index contributed by atoms with van der Waals surface area (Å²) in [5, 5.41) is 20.9. The molecule has 0 radical (unpaired) electrons. The van der Waals surface area contributed by atoms with Crippen LogP contribution in [0.4, 0.5) is 0 Å². The van der Waals surface area contributed by atoms with E-state index in [1.54, 1.807) is 0 Å². The van der Waals surface area contributed by atoms with Gasteiger partial charge in [0.05, 0.1) is 60.7 Å². The quantitative estimate of drug-likeness (QED) is 0.161. The highest BCUT2D eigenvalue weighted by Gasteiger charge is 2.22. The molecular formula is C105H65N7. The number of imidazole rings is 3. The Bertz CT molecular complexity index is 8210. The molecule has 0 bridgehead atoms. The third-order valence-electron chi connectivity index (χ3n) is 23.1. The van der Waals surface area contributed by atoms with Crippen LogP contribution in [0.2, 0.25) is 0 Å². The largest absolute Gasteiger partial charge is 0.309 e. The van der Waals surface area contributed by atoms with E-state index in [1.165, 1.54) is 164 Å². The summed E-state index contributed by atoms with van der Waals surface area (Å²) in [6.45, 7) is 0. The highest BCUT2D eigenvalue weighted by atomic mass is 15.0. The van der Waals surface area contributed by atoms with Crippen LogP contribution in [0.3, 0.4) is 0 Å². The van der Waals surface area contributed by atoms with E-state index >= 15 is 0 Å². The Kier molecular flexibility index (Phi) is 14.2. The zero-order valence-corrected chi connectivity index (χ0v) is 60.7. The van der Waals surface area contributed by atoms with Gasteiger partial charge in [-0.3, -0.25) is 13.2 Å². The van der Waals surface area contributed by atoms with E-state index in [2.05, 4.69) is 412 Å². The van der Waals surface area contributed by atoms with Gasteiger partial charge in [-0.1, -0.05) is 291 Å². The number of hydrogen-bond donors (Lipinski definition) is 0. The lowest BCUT2D eigenvalue weighted by Crippen LogP contribution is -1.97. The van der Waals surface area contributed by atoms with Crippen LogP contribution in [0.15, 0.2) is 394 Å². The molecule has 18 aromatic carbocycles. The fraction of sp³-hybridized carbons (Fsp3) is 0. The molecule has 0 aliphatic rings. The van der Waals surface area contributed by atoms with Gasteiger partial charge in [-0.05, 0) is 191 Å². The van der Waals surface area contributed by atoms with Crippen LogP contribution in [-0.2, 0) is 0 Å². The Balaban J connectivity index is 0.000000100. The molecule has 112 heavy (non-hydrogen) atoms. The van der Waals surface area contributed by atoms with Gasteiger partial charge in [0.2, 0.25) is 0 Å². The molecule has 0 aliphatic carbocycles. The molecule has 25 aromatic rings. The first-order valence-corrected chi connectivity index (χ1v) is 38.3. The van der Waals surface area contributed by atoms with Gasteiger partial charge in [-0.2, -0.15) is 0 Å². The van der Waals surface area contributed by atoms with E-state index in [4.69, 9.17) is 15.0 Å². The predicted octanol–water partition coefficient (Wildman–Crippen LogP) is 27.6. The van der Waals surface area contributed by atoms with Gasteiger partial charge in [0.1, 0.15) is 16.9 Å². The number of aromatic nitrogens is 7. The van der Waals surface area contributed by atoms with E-state index in [1.807, 2.05) is 0 Å². The average Bonchev–Trinajstić information content (AvgIpc) is 1.52. The minimum atomic E-state index is 0.997. The average molecular weight is 1420 g/mol. The van der Waals surface area contributed by atoms with Gasteiger partial charge in [0.25, 0.3) is 0 Å². The Morgan fingerprint density at radius 3 is 1.09 bits per heavy atom. The molecule has 7 nitrogen and oxygen atoms in total. The summed E-state index contributed by atoms with van der Waals surface area (Å²) >= 11 is 0. The SMILES string of the molecule is c1ccc(-c2ccc3c(c2)c2ccc(-c4ccc5ccccc5c4)cc2c2nc4ccccc4n32)cc1.c1ccc(-c2ccc3c4ccc(-c5ccc6ccccc6c5)cc4c4nc5ccccc5n4c3c2)cc1.c1ccc2c(c1)ccc1c3ccccc3n(-c3ccc4c(c3)c3ccccc3c3nc5ccccc5n43)c21. The minimum Gasteiger partial charge on any atom is -0.309 e. The van der Waals surface area contributed by atoms with E-state index in [-0.39, 0.29) is 0 Å². The maximum atomic E-state index is 5.14. The topological polar surface area (TPSA) is 56.8 Å². The Morgan fingerprint density at radius 1 is 0.161 bits per heavy atom. The smallest absolute Gasteiger partial charge is 0.146 e. The molecule has 0 saturated heterocycles. The lowest BCUT2D eigenvalue weighted by atomic mass is 9.96. The zero-order chi connectivity index (χ0) is 73.5. The molecule has 0 amide bonds. The predicted molar refractivity (Wildman–Crippen MR) is 472 cm³/mol. The fourth-order valence-electron chi connectivity index (χ4n) is 17.9. The van der Waals surface area contributed by atoms with E-state index in [0.29, 0.717) is 0 Å². The number of pyridine rings is 3. The van der Waals surface area contributed by atoms with Crippen LogP contribution in [0.5, 0.6) is 0 Å². The van der Waals surface area contributed by atoms with Crippen molar-refractivity contribution in [2.24, 2.45) is 0 Å². The molecule has 0 saturated carbocycles. The van der Waals surface area contributed by atoms with E-state index < -0.39 is 0 Å². The first-order valence-electron chi connectivity index (χ1n) is 38.3. The Labute approximate surface area is 642 Å². The summed E-state index contributed by atoms with van der Waals surface area (Å²) in [6.07, 6.45) is 0. The van der Waals surface area contributed by atoms with Crippen LogP contribution in [0, 0.1) is 0 Å². The van der Waals surface area contributed by atoms with Crippen molar-refractivity contribution in [3.63, 3.8) is 0 Å². The molecule has 0 atom stereocenters. The van der Waals surface area contributed by atoms with E-state index in [0.717, 1.165) is 55.7 Å². The van der Waals surface area contributed by atoms with Crippen LogP contribution in [0.1, 0.15) is 0 Å². The second-order valence-electron chi connectivity index (χ2n) is 29.4. The zero-order valence-electron chi connectivity index (χ0n) is 60.7. The van der Waals surface area contributed by atoms with Gasteiger partial charge in [-0.25, -0.2) is 15.0 Å². The standard InChI is InChI=1S/C35H21N3.2C35H22N2/c1-2-10-24-22(9-1)17-19-27-26-12-5-7-15-31(26)37(34(24)27)23-18-20-32-29(21-23)25-11-3-4-13-28(25)35-36-30-14-6-8-16-33(30)38(32)35;1-2-8-23(9-3-1)27-17-19-33-30(21-27)29-18-16-28(26-15-14-24-10-4-5-11-25(24)20-26)22-31(29)35-36-32-12-6-7-13-34(32)37(33)35;1-2-8-23(9-3-1)28-17-19-30-29-18-16-27(26-15-14-24-10-4-5-11-25(24)20-26)21-31(29)35-36-32-12-6-7-13-33(32)37(35)34(30)22-28/h1-21H;2*1-22H. The normalized spacial score (nSPS) is 11.9. The summed E-state index contributed by atoms with van der Waals surface area (Å²) in [5.41, 5.74) is 26.3. The summed E-state index contributed by atoms with van der Waals surface area (Å²) in [5.74, 6) is 0. The lowest BCUT2D eigenvalue weighted by molar-refractivity contribution is 1.19. The van der Waals surface area contributed by atoms with Crippen molar-refractivity contribution < 1.29 is 0 Å². The second-order valence-corrected chi connectivity index (χ2v) is 29.4. The van der Waals surface area contributed by atoms with Crippen molar-refractivity contribution in [3.8, 4) is 50.2 Å². The first kappa shape index (κ1) is 63.1. The van der Waals surface area contributed by atoms with Gasteiger partial charge in [0.15, 0.2) is 0 Å². The van der Waals surface area contributed by atoms with Crippen LogP contribution >= 0.6 is 0 Å². The maximum absolute atomic E-state index is 5.14. The molecule has 7 aromatic heterocycles. The summed E-state index contributed by atoms with van der Waals surface area (Å²) in [4.78, 5) is 15.3. The monoisotopic (exact) mass is 1420 g/mol. The molecule has 0 spiro atoms. The minimum absolute atomic E-state index is 0.997. The van der Waals surface area contributed by atoms with Crippen LogP contribution < -0.4 is 0 Å². The highest BCUT2D eigenvalue weighted by Crippen LogP contribution is 2.43. The number of nitrogens with zero attached hydrogens (tertiary/aromatic N) is 7. The molecule has 7 heteroatoms. The number of hydrogen-bond acceptors (Lipinski definition) is 3. The highest BCUT2D eigenvalue weighted by molar-refractivity contribution is 6.21. The lowest BCUT2D eigenvalue weighted by Gasteiger charge is -2.14. The van der Waals surface area contributed by atoms with E-state index in [9.17, 15) is 0 Å². The third kappa shape index (κ3) is 10.0. The van der Waals surface area contributed by atoms with Crippen LogP contribution in [0.25, 0.3) is 219 Å². The summed E-state index contributed by atoms with van der Waals surface area (Å²) in [6, 6.07) is 142. The molecule has 25 rings (SSSR count). The number of rotatable bonds is 5. The van der Waals surface area contributed by atoms with Gasteiger partial charge in [0, 0.05) is 54.2 Å². The summed E-state index contributed by atoms with van der Waals surface area (Å²) < 4.78 is 9.42. The molecule has 0 unspecified atom stereocenters. The van der Waals surface area contributed by atoms with Crippen LogP contribution in [-0.4, -0.2) is 32.7 Å². The van der Waals surface area contributed by atoms with Gasteiger partial charge in [-0.15, -0.1) is 0 Å². The Morgan fingerprint density at radius 2 is 0.509 bits per heavy atom. The number of benzene rings is 18.